The highest BCUT2D eigenvalue weighted by Gasteiger charge is 2.32. The van der Waals surface area contributed by atoms with Crippen LogP contribution < -0.4 is 5.73 Å². The van der Waals surface area contributed by atoms with E-state index >= 15 is 0 Å². The Kier molecular flexibility index (Phi) is 7.34. The second-order valence-corrected chi connectivity index (χ2v) is 4.64. The SMILES string of the molecule is CCOCCN(C)C(C)CC(C)(N)C(=O)OC. The van der Waals surface area contributed by atoms with Gasteiger partial charge in [0.25, 0.3) is 0 Å². The van der Waals surface area contributed by atoms with Crippen LogP contribution in [0.5, 0.6) is 0 Å². The van der Waals surface area contributed by atoms with E-state index in [-0.39, 0.29) is 12.0 Å². The number of carbonyl (C=O) groups is 1. The maximum absolute atomic E-state index is 11.5. The van der Waals surface area contributed by atoms with Gasteiger partial charge in [-0.05, 0) is 34.2 Å². The smallest absolute Gasteiger partial charge is 0.325 e. The number of hydrogen-bond acceptors (Lipinski definition) is 5. The van der Waals surface area contributed by atoms with Crippen LogP contribution in [0.25, 0.3) is 0 Å². The Morgan fingerprint density at radius 2 is 2.12 bits per heavy atom. The number of methoxy groups -OCH3 is 1. The Morgan fingerprint density at radius 3 is 2.59 bits per heavy atom. The molecule has 0 saturated heterocycles. The van der Waals surface area contributed by atoms with Gasteiger partial charge in [-0.25, -0.2) is 0 Å². The molecule has 0 aromatic carbocycles. The summed E-state index contributed by atoms with van der Waals surface area (Å²) in [5.41, 5.74) is 5.00. The van der Waals surface area contributed by atoms with Crippen molar-refractivity contribution in [2.45, 2.75) is 38.8 Å². The largest absolute Gasteiger partial charge is 0.468 e. The minimum atomic E-state index is -0.936. The van der Waals surface area contributed by atoms with Crippen molar-refractivity contribution in [3.8, 4) is 0 Å². The van der Waals surface area contributed by atoms with Crippen molar-refractivity contribution in [3.05, 3.63) is 0 Å². The molecule has 0 amide bonds. The van der Waals surface area contributed by atoms with Crippen molar-refractivity contribution in [1.29, 1.82) is 0 Å². The fourth-order valence-electron chi connectivity index (χ4n) is 1.66. The molecule has 0 spiro atoms. The highest BCUT2D eigenvalue weighted by molar-refractivity contribution is 5.79. The lowest BCUT2D eigenvalue weighted by atomic mass is 9.94. The Hall–Kier alpha value is -0.650. The van der Waals surface area contributed by atoms with Gasteiger partial charge in [0.05, 0.1) is 13.7 Å². The van der Waals surface area contributed by atoms with Crippen LogP contribution in [0.2, 0.25) is 0 Å². The third kappa shape index (κ3) is 6.00. The molecule has 0 bridgehead atoms. The third-order valence-electron chi connectivity index (χ3n) is 2.92. The minimum Gasteiger partial charge on any atom is -0.468 e. The first-order valence-electron chi connectivity index (χ1n) is 6.00. The van der Waals surface area contributed by atoms with Crippen molar-refractivity contribution < 1.29 is 14.3 Å². The molecule has 17 heavy (non-hydrogen) atoms. The molecule has 0 aromatic heterocycles. The van der Waals surface area contributed by atoms with Crippen molar-refractivity contribution in [2.75, 3.05) is 33.9 Å². The molecule has 2 atom stereocenters. The average Bonchev–Trinajstić information content (AvgIpc) is 2.27. The number of carbonyl (C=O) groups excluding carboxylic acids is 1. The molecule has 0 saturated carbocycles. The zero-order valence-electron chi connectivity index (χ0n) is 11.7. The van der Waals surface area contributed by atoms with Gasteiger partial charge >= 0.3 is 5.97 Å². The number of nitrogens with two attached hydrogens (primary N) is 1. The zero-order valence-corrected chi connectivity index (χ0v) is 11.7. The molecule has 0 heterocycles. The summed E-state index contributed by atoms with van der Waals surface area (Å²) in [7, 11) is 3.36. The predicted octanol–water partition coefficient (Wildman–Crippen LogP) is 0.624. The topological polar surface area (TPSA) is 64.8 Å². The van der Waals surface area contributed by atoms with Gasteiger partial charge in [-0.15, -0.1) is 0 Å². The summed E-state index contributed by atoms with van der Waals surface area (Å²) < 4.78 is 9.98. The molecule has 0 rings (SSSR count). The minimum absolute atomic E-state index is 0.199. The molecule has 0 radical (unpaired) electrons. The summed E-state index contributed by atoms with van der Waals surface area (Å²) in [6.07, 6.45) is 0.558. The average molecular weight is 246 g/mol. The molecule has 0 aliphatic carbocycles. The molecular weight excluding hydrogens is 220 g/mol. The molecule has 5 heteroatoms. The molecule has 5 nitrogen and oxygen atoms in total. The second-order valence-electron chi connectivity index (χ2n) is 4.64. The van der Waals surface area contributed by atoms with E-state index in [1.54, 1.807) is 6.92 Å². The molecule has 0 fully saturated rings. The Bertz CT molecular complexity index is 232. The van der Waals surface area contributed by atoms with Crippen LogP contribution in [0.3, 0.4) is 0 Å². The van der Waals surface area contributed by atoms with Crippen LogP contribution in [0, 0.1) is 0 Å². The summed E-state index contributed by atoms with van der Waals surface area (Å²) in [4.78, 5) is 13.6. The number of rotatable bonds is 8. The number of likely N-dealkylation sites (N-methyl/N-ethyl adjacent to an activating group) is 1. The van der Waals surface area contributed by atoms with Crippen LogP contribution in [-0.4, -0.2) is 56.4 Å². The van der Waals surface area contributed by atoms with Crippen molar-refractivity contribution in [2.24, 2.45) is 5.73 Å². The second kappa shape index (κ2) is 7.63. The maximum atomic E-state index is 11.5. The van der Waals surface area contributed by atoms with E-state index in [4.69, 9.17) is 10.5 Å². The first-order valence-corrected chi connectivity index (χ1v) is 6.00. The lowest BCUT2D eigenvalue weighted by Crippen LogP contribution is -2.50. The normalized spacial score (nSPS) is 16.6. The van der Waals surface area contributed by atoms with Gasteiger partial charge in [-0.2, -0.15) is 0 Å². The Balaban J connectivity index is 4.14. The van der Waals surface area contributed by atoms with Crippen molar-refractivity contribution in [1.82, 2.24) is 4.90 Å². The molecular formula is C12H26N2O3. The van der Waals surface area contributed by atoms with Gasteiger partial charge < -0.3 is 20.1 Å². The van der Waals surface area contributed by atoms with E-state index in [0.29, 0.717) is 13.0 Å². The van der Waals surface area contributed by atoms with Crippen LogP contribution in [0.4, 0.5) is 0 Å². The summed E-state index contributed by atoms with van der Waals surface area (Å²) >= 11 is 0. The molecule has 102 valence electrons. The van der Waals surface area contributed by atoms with Gasteiger partial charge in [0.15, 0.2) is 0 Å². The predicted molar refractivity (Wildman–Crippen MR) is 67.8 cm³/mol. The summed E-state index contributed by atoms with van der Waals surface area (Å²) in [5, 5.41) is 0. The first-order chi connectivity index (χ1) is 7.85. The maximum Gasteiger partial charge on any atom is 0.325 e. The van der Waals surface area contributed by atoms with Gasteiger partial charge in [0, 0.05) is 19.2 Å². The highest BCUT2D eigenvalue weighted by Crippen LogP contribution is 2.14. The van der Waals surface area contributed by atoms with Gasteiger partial charge in [-0.1, -0.05) is 0 Å². The molecule has 2 unspecified atom stereocenters. The van der Waals surface area contributed by atoms with E-state index in [2.05, 4.69) is 9.64 Å². The van der Waals surface area contributed by atoms with E-state index < -0.39 is 5.54 Å². The lowest BCUT2D eigenvalue weighted by molar-refractivity contribution is -0.147. The monoisotopic (exact) mass is 246 g/mol. The third-order valence-corrected chi connectivity index (χ3v) is 2.92. The standard InChI is InChI=1S/C12H26N2O3/c1-6-17-8-7-14(4)10(2)9-12(3,13)11(15)16-5/h10H,6-9,13H2,1-5H3. The van der Waals surface area contributed by atoms with Gasteiger partial charge in [-0.3, -0.25) is 4.79 Å². The number of esters is 1. The van der Waals surface area contributed by atoms with E-state index in [9.17, 15) is 4.79 Å². The molecule has 2 N–H and O–H groups in total. The van der Waals surface area contributed by atoms with E-state index in [0.717, 1.165) is 13.2 Å². The zero-order chi connectivity index (χ0) is 13.5. The van der Waals surface area contributed by atoms with Crippen LogP contribution in [0.15, 0.2) is 0 Å². The number of ether oxygens (including phenoxy) is 2. The Labute approximate surface area is 104 Å². The van der Waals surface area contributed by atoms with Crippen LogP contribution in [-0.2, 0) is 14.3 Å². The quantitative estimate of drug-likeness (QED) is 0.502. The summed E-state index contributed by atoms with van der Waals surface area (Å²) in [6.45, 7) is 7.95. The Morgan fingerprint density at radius 1 is 1.53 bits per heavy atom. The van der Waals surface area contributed by atoms with Crippen molar-refractivity contribution in [3.63, 3.8) is 0 Å². The lowest BCUT2D eigenvalue weighted by Gasteiger charge is -2.30. The van der Waals surface area contributed by atoms with Gasteiger partial charge in [0.1, 0.15) is 5.54 Å². The first kappa shape index (κ1) is 16.4. The molecule has 0 aromatic rings. The fourth-order valence-corrected chi connectivity index (χ4v) is 1.66. The summed E-state index contributed by atoms with van der Waals surface area (Å²) in [5.74, 6) is -0.373. The molecule has 0 aliphatic rings. The highest BCUT2D eigenvalue weighted by atomic mass is 16.5. The van der Waals surface area contributed by atoms with E-state index in [1.165, 1.54) is 7.11 Å². The fraction of sp³-hybridized carbons (Fsp3) is 0.917. The number of hydrogen-bond donors (Lipinski definition) is 1. The van der Waals surface area contributed by atoms with E-state index in [1.807, 2.05) is 20.9 Å². The van der Waals surface area contributed by atoms with Crippen molar-refractivity contribution >= 4 is 5.97 Å². The van der Waals surface area contributed by atoms with Gasteiger partial charge in [0.2, 0.25) is 0 Å². The van der Waals surface area contributed by atoms with Crippen LogP contribution >= 0.6 is 0 Å². The van der Waals surface area contributed by atoms with Crippen LogP contribution in [0.1, 0.15) is 27.2 Å². The number of nitrogens with zero attached hydrogens (tertiary/aromatic N) is 1. The molecule has 0 aliphatic heterocycles. The summed E-state index contributed by atoms with van der Waals surface area (Å²) in [6, 6.07) is 0.199.